The summed E-state index contributed by atoms with van der Waals surface area (Å²) < 4.78 is 0. The SMILES string of the molecule is Cc1cc(C)c(Nc2ncc(CCCl)c(Cl)n2)c(C)c1. The van der Waals surface area contributed by atoms with E-state index in [1.54, 1.807) is 6.20 Å². The molecule has 0 bridgehead atoms. The quantitative estimate of drug-likeness (QED) is 0.663. The Labute approximate surface area is 129 Å². The van der Waals surface area contributed by atoms with Gasteiger partial charge in [0.05, 0.1) is 0 Å². The first kappa shape index (κ1) is 15.1. The minimum absolute atomic E-state index is 0.450. The van der Waals surface area contributed by atoms with Gasteiger partial charge in [-0.3, -0.25) is 0 Å². The topological polar surface area (TPSA) is 37.8 Å². The summed E-state index contributed by atoms with van der Waals surface area (Å²) in [5.41, 5.74) is 5.45. The lowest BCUT2D eigenvalue weighted by atomic mass is 10.1. The highest BCUT2D eigenvalue weighted by molar-refractivity contribution is 6.30. The smallest absolute Gasteiger partial charge is 0.228 e. The number of nitrogens with one attached hydrogen (secondary N) is 1. The molecule has 0 atom stereocenters. The lowest BCUT2D eigenvalue weighted by Crippen LogP contribution is -2.03. The molecule has 0 amide bonds. The predicted octanol–water partition coefficient (Wildman–Crippen LogP) is 4.58. The second-order valence-corrected chi connectivity index (χ2v) is 5.58. The molecule has 1 aromatic heterocycles. The molecular formula is C15H17Cl2N3. The van der Waals surface area contributed by atoms with Crippen molar-refractivity contribution in [2.45, 2.75) is 27.2 Å². The highest BCUT2D eigenvalue weighted by atomic mass is 35.5. The number of nitrogens with zero attached hydrogens (tertiary/aromatic N) is 2. The fourth-order valence-electron chi connectivity index (χ4n) is 2.20. The molecule has 0 unspecified atom stereocenters. The third kappa shape index (κ3) is 3.41. The molecule has 0 fully saturated rings. The molecule has 0 saturated heterocycles. The van der Waals surface area contributed by atoms with E-state index in [2.05, 4.69) is 48.2 Å². The molecule has 1 heterocycles. The maximum Gasteiger partial charge on any atom is 0.228 e. The van der Waals surface area contributed by atoms with Crippen molar-refractivity contribution >= 4 is 34.8 Å². The molecule has 0 aliphatic carbocycles. The summed E-state index contributed by atoms with van der Waals surface area (Å²) in [6.07, 6.45) is 2.39. The minimum atomic E-state index is 0.450. The molecule has 0 radical (unpaired) electrons. The zero-order valence-electron chi connectivity index (χ0n) is 11.8. The van der Waals surface area contributed by atoms with E-state index in [0.717, 1.165) is 22.4 Å². The zero-order chi connectivity index (χ0) is 14.7. The van der Waals surface area contributed by atoms with Gasteiger partial charge in [0, 0.05) is 23.3 Å². The average molecular weight is 310 g/mol. The largest absolute Gasteiger partial charge is 0.324 e. The van der Waals surface area contributed by atoms with Crippen LogP contribution in [0.4, 0.5) is 11.6 Å². The van der Waals surface area contributed by atoms with E-state index >= 15 is 0 Å². The first-order valence-corrected chi connectivity index (χ1v) is 7.34. The third-order valence-electron chi connectivity index (χ3n) is 3.09. The molecule has 1 N–H and O–H groups in total. The van der Waals surface area contributed by atoms with Gasteiger partial charge in [0.1, 0.15) is 5.15 Å². The van der Waals surface area contributed by atoms with E-state index in [0.29, 0.717) is 23.4 Å². The fourth-order valence-corrected chi connectivity index (χ4v) is 2.63. The van der Waals surface area contributed by atoms with Gasteiger partial charge in [0.15, 0.2) is 0 Å². The monoisotopic (exact) mass is 309 g/mol. The predicted molar refractivity (Wildman–Crippen MR) is 85.4 cm³/mol. The summed E-state index contributed by atoms with van der Waals surface area (Å²) >= 11 is 11.8. The first-order chi connectivity index (χ1) is 9.51. The Morgan fingerprint density at radius 3 is 2.35 bits per heavy atom. The van der Waals surface area contributed by atoms with Crippen LogP contribution in [0, 0.1) is 20.8 Å². The lowest BCUT2D eigenvalue weighted by molar-refractivity contribution is 1.05. The standard InChI is InChI=1S/C15H17Cl2N3/c1-9-6-10(2)13(11(3)7-9)19-15-18-8-12(4-5-16)14(17)20-15/h6-8H,4-5H2,1-3H3,(H,18,19,20). The Bertz CT molecular complexity index is 604. The Hall–Kier alpha value is -1.32. The van der Waals surface area contributed by atoms with Crippen LogP contribution in [-0.2, 0) is 6.42 Å². The van der Waals surface area contributed by atoms with E-state index in [1.165, 1.54) is 5.56 Å². The van der Waals surface area contributed by atoms with Crippen molar-refractivity contribution in [2.24, 2.45) is 0 Å². The van der Waals surface area contributed by atoms with Crippen LogP contribution in [0.2, 0.25) is 5.15 Å². The van der Waals surface area contributed by atoms with Gasteiger partial charge in [0.2, 0.25) is 5.95 Å². The van der Waals surface area contributed by atoms with Gasteiger partial charge in [-0.25, -0.2) is 9.97 Å². The van der Waals surface area contributed by atoms with E-state index < -0.39 is 0 Å². The summed E-state index contributed by atoms with van der Waals surface area (Å²) in [6.45, 7) is 6.20. The molecule has 0 saturated carbocycles. The van der Waals surface area contributed by atoms with E-state index in [-0.39, 0.29) is 0 Å². The van der Waals surface area contributed by atoms with Gasteiger partial charge in [-0.2, -0.15) is 0 Å². The highest BCUT2D eigenvalue weighted by Gasteiger charge is 2.08. The van der Waals surface area contributed by atoms with Crippen LogP contribution < -0.4 is 5.32 Å². The second-order valence-electron chi connectivity index (χ2n) is 4.85. The van der Waals surface area contributed by atoms with Gasteiger partial charge < -0.3 is 5.32 Å². The van der Waals surface area contributed by atoms with E-state index in [1.807, 2.05) is 0 Å². The second kappa shape index (κ2) is 6.42. The van der Waals surface area contributed by atoms with Crippen LogP contribution in [0.5, 0.6) is 0 Å². The number of alkyl halides is 1. The van der Waals surface area contributed by atoms with E-state index in [4.69, 9.17) is 23.2 Å². The summed E-state index contributed by atoms with van der Waals surface area (Å²) in [6, 6.07) is 4.25. The van der Waals surface area contributed by atoms with Gasteiger partial charge in [-0.1, -0.05) is 29.3 Å². The Balaban J connectivity index is 2.29. The molecule has 20 heavy (non-hydrogen) atoms. The Morgan fingerprint density at radius 1 is 1.15 bits per heavy atom. The van der Waals surface area contributed by atoms with Crippen molar-refractivity contribution in [3.8, 4) is 0 Å². The third-order valence-corrected chi connectivity index (χ3v) is 3.61. The van der Waals surface area contributed by atoms with Gasteiger partial charge in [-0.15, -0.1) is 11.6 Å². The van der Waals surface area contributed by atoms with Gasteiger partial charge >= 0.3 is 0 Å². The molecule has 0 aliphatic heterocycles. The van der Waals surface area contributed by atoms with Crippen molar-refractivity contribution in [3.63, 3.8) is 0 Å². The number of rotatable bonds is 4. The maximum atomic E-state index is 6.13. The average Bonchev–Trinajstić information content (AvgIpc) is 2.37. The fraction of sp³-hybridized carbons (Fsp3) is 0.333. The summed E-state index contributed by atoms with van der Waals surface area (Å²) in [5, 5.41) is 3.69. The van der Waals surface area contributed by atoms with Crippen LogP contribution in [0.15, 0.2) is 18.3 Å². The lowest BCUT2D eigenvalue weighted by Gasteiger charge is -2.13. The van der Waals surface area contributed by atoms with Crippen LogP contribution in [0.25, 0.3) is 0 Å². The minimum Gasteiger partial charge on any atom is -0.324 e. The summed E-state index contributed by atoms with van der Waals surface area (Å²) in [4.78, 5) is 8.57. The number of hydrogen-bond acceptors (Lipinski definition) is 3. The van der Waals surface area contributed by atoms with Crippen LogP contribution >= 0.6 is 23.2 Å². The Morgan fingerprint density at radius 2 is 1.80 bits per heavy atom. The van der Waals surface area contributed by atoms with Crippen molar-refractivity contribution < 1.29 is 0 Å². The van der Waals surface area contributed by atoms with Crippen molar-refractivity contribution in [3.05, 3.63) is 45.7 Å². The van der Waals surface area contributed by atoms with Gasteiger partial charge in [-0.05, 0) is 38.3 Å². The molecule has 2 aromatic rings. The van der Waals surface area contributed by atoms with Crippen molar-refractivity contribution in [2.75, 3.05) is 11.2 Å². The molecule has 106 valence electrons. The normalized spacial score (nSPS) is 10.7. The number of hydrogen-bond donors (Lipinski definition) is 1. The molecule has 3 nitrogen and oxygen atoms in total. The summed E-state index contributed by atoms with van der Waals surface area (Å²) in [7, 11) is 0. The van der Waals surface area contributed by atoms with Crippen molar-refractivity contribution in [1.82, 2.24) is 9.97 Å². The highest BCUT2D eigenvalue weighted by Crippen LogP contribution is 2.25. The Kier molecular flexibility index (Phi) is 4.84. The van der Waals surface area contributed by atoms with E-state index in [9.17, 15) is 0 Å². The number of benzene rings is 1. The molecule has 5 heteroatoms. The number of aryl methyl sites for hydroxylation is 4. The summed E-state index contributed by atoms with van der Waals surface area (Å²) in [5.74, 6) is 1.01. The number of anilines is 2. The molecule has 2 rings (SSSR count). The molecular weight excluding hydrogens is 293 g/mol. The zero-order valence-corrected chi connectivity index (χ0v) is 13.3. The number of aromatic nitrogens is 2. The molecule has 1 aromatic carbocycles. The van der Waals surface area contributed by atoms with Crippen molar-refractivity contribution in [1.29, 1.82) is 0 Å². The maximum absolute atomic E-state index is 6.13. The van der Waals surface area contributed by atoms with Gasteiger partial charge in [0.25, 0.3) is 0 Å². The van der Waals surface area contributed by atoms with Crippen LogP contribution in [0.3, 0.4) is 0 Å². The molecule has 0 aliphatic rings. The van der Waals surface area contributed by atoms with Crippen LogP contribution in [0.1, 0.15) is 22.3 Å². The first-order valence-electron chi connectivity index (χ1n) is 6.43. The number of halogens is 2. The van der Waals surface area contributed by atoms with Crippen LogP contribution in [-0.4, -0.2) is 15.8 Å². The molecule has 0 spiro atoms.